The molecule has 0 radical (unpaired) electrons. The number of rotatable bonds is 5. The summed E-state index contributed by atoms with van der Waals surface area (Å²) in [6.45, 7) is 6.33. The Kier molecular flexibility index (Phi) is 6.22. The summed E-state index contributed by atoms with van der Waals surface area (Å²) in [5.74, 6) is -0.475. The van der Waals surface area contributed by atoms with Crippen LogP contribution >= 0.6 is 0 Å². The highest BCUT2D eigenvalue weighted by Crippen LogP contribution is 2.29. The van der Waals surface area contributed by atoms with E-state index in [1.807, 2.05) is 43.3 Å². The molecule has 1 amide bonds. The van der Waals surface area contributed by atoms with Gasteiger partial charge in [-0.15, -0.1) is 0 Å². The van der Waals surface area contributed by atoms with E-state index in [4.69, 9.17) is 13.6 Å². The number of nitrogens with zero attached hydrogens (tertiary/aromatic N) is 1. The fourth-order valence-electron chi connectivity index (χ4n) is 4.87. The molecule has 36 heavy (non-hydrogen) atoms. The lowest BCUT2D eigenvalue weighted by atomic mass is 9.93. The SMILES string of the molecule is Cc1cc2oc(=O)cc(COC(=O)[C@@H]3Cc4ccccc4CN3C(=O)c3ccco3)c2cc1C(C)C. The lowest BCUT2D eigenvalue weighted by Gasteiger charge is -2.34. The van der Waals surface area contributed by atoms with E-state index in [-0.39, 0.29) is 30.7 Å². The lowest BCUT2D eigenvalue weighted by molar-refractivity contribution is -0.151. The van der Waals surface area contributed by atoms with Crippen LogP contribution in [0.1, 0.15) is 58.1 Å². The number of carbonyl (C=O) groups excluding carboxylic acids is 2. The largest absolute Gasteiger partial charge is 0.459 e. The molecular formula is C29H27NO6. The highest BCUT2D eigenvalue weighted by atomic mass is 16.5. The van der Waals surface area contributed by atoms with E-state index >= 15 is 0 Å². The van der Waals surface area contributed by atoms with Crippen molar-refractivity contribution in [1.29, 1.82) is 0 Å². The number of carbonyl (C=O) groups is 2. The average molecular weight is 486 g/mol. The molecule has 0 fully saturated rings. The van der Waals surface area contributed by atoms with Crippen molar-refractivity contribution in [2.24, 2.45) is 0 Å². The van der Waals surface area contributed by atoms with Gasteiger partial charge in [-0.1, -0.05) is 38.1 Å². The van der Waals surface area contributed by atoms with Gasteiger partial charge in [-0.2, -0.15) is 0 Å². The summed E-state index contributed by atoms with van der Waals surface area (Å²) in [6, 6.07) is 15.3. The van der Waals surface area contributed by atoms with E-state index in [1.54, 1.807) is 12.1 Å². The number of aryl methyl sites for hydroxylation is 1. The maximum absolute atomic E-state index is 13.4. The van der Waals surface area contributed by atoms with Gasteiger partial charge in [0.1, 0.15) is 18.2 Å². The van der Waals surface area contributed by atoms with Gasteiger partial charge in [0, 0.05) is 30.0 Å². The van der Waals surface area contributed by atoms with Crippen LogP contribution in [0.15, 0.2) is 74.5 Å². The van der Waals surface area contributed by atoms with E-state index in [2.05, 4.69) is 13.8 Å². The van der Waals surface area contributed by atoms with Gasteiger partial charge in [-0.05, 0) is 59.4 Å². The molecule has 7 nitrogen and oxygen atoms in total. The Labute approximate surface area is 208 Å². The molecule has 2 aromatic heterocycles. The summed E-state index contributed by atoms with van der Waals surface area (Å²) in [5, 5.41) is 0.731. The predicted octanol–water partition coefficient (Wildman–Crippen LogP) is 5.13. The Bertz CT molecular complexity index is 1500. The second-order valence-electron chi connectivity index (χ2n) is 9.46. The number of ether oxygens (including phenoxy) is 1. The Hall–Kier alpha value is -4.13. The van der Waals surface area contributed by atoms with Crippen molar-refractivity contribution < 1.29 is 23.2 Å². The van der Waals surface area contributed by atoms with E-state index in [0.717, 1.165) is 27.6 Å². The molecule has 0 spiro atoms. The van der Waals surface area contributed by atoms with Gasteiger partial charge in [0.25, 0.3) is 5.91 Å². The van der Waals surface area contributed by atoms with Gasteiger partial charge in [-0.3, -0.25) is 4.79 Å². The van der Waals surface area contributed by atoms with E-state index < -0.39 is 17.6 Å². The number of furan rings is 1. The molecule has 1 aliphatic rings. The molecule has 5 rings (SSSR count). The molecule has 184 valence electrons. The zero-order valence-corrected chi connectivity index (χ0v) is 20.4. The average Bonchev–Trinajstić information content (AvgIpc) is 3.40. The molecule has 1 aliphatic heterocycles. The van der Waals surface area contributed by atoms with Gasteiger partial charge in [0.2, 0.25) is 0 Å². The van der Waals surface area contributed by atoms with E-state index in [0.29, 0.717) is 17.6 Å². The molecule has 0 bridgehead atoms. The molecule has 0 aliphatic carbocycles. The molecule has 0 saturated heterocycles. The van der Waals surface area contributed by atoms with Crippen LogP contribution in [-0.2, 0) is 29.1 Å². The standard InChI is InChI=1S/C29H27NO6/c1-17(2)22-14-23-21(13-27(31)36-26(23)11-18(22)3)16-35-29(33)24-12-19-7-4-5-8-20(19)15-30(24)28(32)25-9-6-10-34-25/h4-11,13-14,17,24H,12,15-16H2,1-3H3/t24-/m0/s1. The second kappa shape index (κ2) is 9.49. The number of hydrogen-bond donors (Lipinski definition) is 0. The lowest BCUT2D eigenvalue weighted by Crippen LogP contribution is -2.49. The first-order valence-corrected chi connectivity index (χ1v) is 12.0. The summed E-state index contributed by atoms with van der Waals surface area (Å²) in [6.07, 6.45) is 1.76. The Morgan fingerprint density at radius 1 is 1.08 bits per heavy atom. The second-order valence-corrected chi connectivity index (χ2v) is 9.46. The van der Waals surface area contributed by atoms with E-state index in [1.165, 1.54) is 17.2 Å². The highest BCUT2D eigenvalue weighted by molar-refractivity contribution is 5.95. The minimum Gasteiger partial charge on any atom is -0.459 e. The van der Waals surface area contributed by atoms with Gasteiger partial charge in [0.05, 0.1) is 6.26 Å². The fourth-order valence-corrected chi connectivity index (χ4v) is 4.87. The topological polar surface area (TPSA) is 90.0 Å². The minimum absolute atomic E-state index is 0.109. The molecule has 0 unspecified atom stereocenters. The Morgan fingerprint density at radius 2 is 1.86 bits per heavy atom. The van der Waals surface area contributed by atoms with Crippen LogP contribution in [-0.4, -0.2) is 22.8 Å². The summed E-state index contributed by atoms with van der Waals surface area (Å²) in [4.78, 5) is 40.3. The minimum atomic E-state index is -0.822. The zero-order chi connectivity index (χ0) is 25.4. The van der Waals surface area contributed by atoms with Crippen LogP contribution in [0, 0.1) is 6.92 Å². The summed E-state index contributed by atoms with van der Waals surface area (Å²) >= 11 is 0. The van der Waals surface area contributed by atoms with Crippen LogP contribution in [0.5, 0.6) is 0 Å². The first-order chi connectivity index (χ1) is 17.3. The van der Waals surface area contributed by atoms with Crippen molar-refractivity contribution in [3.05, 3.63) is 105 Å². The number of amides is 1. The third-order valence-electron chi connectivity index (χ3n) is 6.72. The maximum Gasteiger partial charge on any atom is 0.336 e. The molecule has 0 saturated carbocycles. The Morgan fingerprint density at radius 3 is 2.58 bits per heavy atom. The molecule has 2 aromatic carbocycles. The maximum atomic E-state index is 13.4. The van der Waals surface area contributed by atoms with Crippen LogP contribution in [0.2, 0.25) is 0 Å². The monoisotopic (exact) mass is 485 g/mol. The van der Waals surface area contributed by atoms with Crippen molar-refractivity contribution in [3.8, 4) is 0 Å². The third-order valence-corrected chi connectivity index (χ3v) is 6.72. The first-order valence-electron chi connectivity index (χ1n) is 12.0. The summed E-state index contributed by atoms with van der Waals surface area (Å²) < 4.78 is 16.4. The van der Waals surface area contributed by atoms with Crippen LogP contribution in [0.25, 0.3) is 11.0 Å². The molecule has 3 heterocycles. The van der Waals surface area contributed by atoms with Crippen molar-refractivity contribution in [1.82, 2.24) is 4.90 Å². The number of hydrogen-bond acceptors (Lipinski definition) is 6. The highest BCUT2D eigenvalue weighted by Gasteiger charge is 2.37. The number of benzene rings is 2. The zero-order valence-electron chi connectivity index (χ0n) is 20.4. The molecular weight excluding hydrogens is 458 g/mol. The third kappa shape index (κ3) is 4.44. The van der Waals surface area contributed by atoms with E-state index in [9.17, 15) is 14.4 Å². The molecule has 0 N–H and O–H groups in total. The normalized spacial score (nSPS) is 15.2. The smallest absolute Gasteiger partial charge is 0.336 e. The van der Waals surface area contributed by atoms with Gasteiger partial charge >= 0.3 is 11.6 Å². The van der Waals surface area contributed by atoms with Crippen LogP contribution in [0.3, 0.4) is 0 Å². The number of fused-ring (bicyclic) bond motifs is 2. The van der Waals surface area contributed by atoms with Crippen molar-refractivity contribution in [2.75, 3.05) is 0 Å². The van der Waals surface area contributed by atoms with Gasteiger partial charge in [0.15, 0.2) is 5.76 Å². The summed E-state index contributed by atoms with van der Waals surface area (Å²) in [5.41, 5.74) is 4.64. The number of esters is 1. The van der Waals surface area contributed by atoms with Crippen molar-refractivity contribution >= 4 is 22.8 Å². The molecule has 4 aromatic rings. The fraction of sp³-hybridized carbons (Fsp3) is 0.276. The predicted molar refractivity (Wildman–Crippen MR) is 134 cm³/mol. The summed E-state index contributed by atoms with van der Waals surface area (Å²) in [7, 11) is 0. The van der Waals surface area contributed by atoms with Crippen molar-refractivity contribution in [3.63, 3.8) is 0 Å². The Balaban J connectivity index is 1.44. The first kappa shape index (κ1) is 23.6. The molecule has 1 atom stereocenters. The van der Waals surface area contributed by atoms with Crippen LogP contribution in [0.4, 0.5) is 0 Å². The van der Waals surface area contributed by atoms with Gasteiger partial charge < -0.3 is 18.5 Å². The van der Waals surface area contributed by atoms with Gasteiger partial charge in [-0.25, -0.2) is 9.59 Å². The van der Waals surface area contributed by atoms with Crippen molar-refractivity contribution in [2.45, 2.75) is 52.3 Å². The quantitative estimate of drug-likeness (QED) is 0.288. The molecule has 7 heteroatoms. The van der Waals surface area contributed by atoms with Crippen LogP contribution < -0.4 is 5.63 Å².